The maximum absolute atomic E-state index is 12.5. The first-order chi connectivity index (χ1) is 17.1. The number of carbonyl (C=O) groups is 1. The minimum absolute atomic E-state index is 0.0937. The molecular weight excluding hydrogens is 440 g/mol. The van der Waals surface area contributed by atoms with Gasteiger partial charge in [0, 0.05) is 60.7 Å². The van der Waals surface area contributed by atoms with Crippen molar-refractivity contribution >= 4 is 28.7 Å². The highest BCUT2D eigenvalue weighted by Crippen LogP contribution is 2.26. The molecule has 1 aromatic carbocycles. The van der Waals surface area contributed by atoms with Gasteiger partial charge in [-0.25, -0.2) is 9.50 Å². The fourth-order valence-corrected chi connectivity index (χ4v) is 4.38. The molecule has 180 valence electrons. The summed E-state index contributed by atoms with van der Waals surface area (Å²) >= 11 is 0. The van der Waals surface area contributed by atoms with Crippen LogP contribution in [0.1, 0.15) is 41.6 Å². The summed E-state index contributed by atoms with van der Waals surface area (Å²) in [7, 11) is 0. The zero-order valence-electron chi connectivity index (χ0n) is 19.5. The van der Waals surface area contributed by atoms with E-state index in [0.717, 1.165) is 60.5 Å². The van der Waals surface area contributed by atoms with Crippen LogP contribution in [0.15, 0.2) is 67.3 Å². The Bertz CT molecular complexity index is 1260. The largest absolute Gasteiger partial charge is 0.366 e. The normalized spacial score (nSPS) is 17.7. The second-order valence-electron chi connectivity index (χ2n) is 8.96. The van der Waals surface area contributed by atoms with E-state index in [4.69, 9.17) is 5.73 Å². The van der Waals surface area contributed by atoms with Crippen LogP contribution in [0.25, 0.3) is 5.65 Å². The number of hydrogen-bond donors (Lipinski definition) is 4. The molecule has 5 rings (SSSR count). The summed E-state index contributed by atoms with van der Waals surface area (Å²) in [5.74, 6) is 0.701. The summed E-state index contributed by atoms with van der Waals surface area (Å²) in [4.78, 5) is 21.0. The molecular formula is C26H30N8O. The SMILES string of the molecule is N[C@H]1CC[C@H](Nc2cc(Nc3ccc(C(=O)NCCc4ccncc4)cc3)c3nccn3n2)CC1. The van der Waals surface area contributed by atoms with Crippen LogP contribution < -0.4 is 21.7 Å². The molecule has 1 aliphatic carbocycles. The van der Waals surface area contributed by atoms with Gasteiger partial charge in [-0.2, -0.15) is 0 Å². The number of fused-ring (bicyclic) bond motifs is 1. The fraction of sp³-hybridized carbons (Fsp3) is 0.308. The molecule has 5 N–H and O–H groups in total. The first-order valence-corrected chi connectivity index (χ1v) is 12.0. The van der Waals surface area contributed by atoms with Gasteiger partial charge in [0.1, 0.15) is 5.82 Å². The van der Waals surface area contributed by atoms with E-state index in [9.17, 15) is 4.79 Å². The Morgan fingerprint density at radius 1 is 1.03 bits per heavy atom. The number of imidazole rings is 1. The molecule has 0 saturated heterocycles. The van der Waals surface area contributed by atoms with Gasteiger partial charge < -0.3 is 21.7 Å². The maximum Gasteiger partial charge on any atom is 0.251 e. The molecule has 9 heteroatoms. The van der Waals surface area contributed by atoms with E-state index in [1.807, 2.05) is 48.7 Å². The van der Waals surface area contributed by atoms with Crippen molar-refractivity contribution < 1.29 is 4.79 Å². The molecule has 9 nitrogen and oxygen atoms in total. The average molecular weight is 471 g/mol. The molecule has 1 amide bonds. The molecule has 35 heavy (non-hydrogen) atoms. The van der Waals surface area contributed by atoms with Crippen LogP contribution in [0.4, 0.5) is 17.2 Å². The van der Waals surface area contributed by atoms with E-state index >= 15 is 0 Å². The molecule has 0 radical (unpaired) electrons. The first kappa shape index (κ1) is 22.8. The standard InChI is InChI=1S/C26H30N8O/c27-20-3-7-22(8-4-20)32-24-17-23(25-29-15-16-34(25)33-24)31-21-5-1-19(2-6-21)26(35)30-14-11-18-9-12-28-13-10-18/h1-2,5-6,9-10,12-13,15-17,20,22,31H,3-4,7-8,11,14,27H2,(H,30,35)(H,32,33)/t20-,22-. The van der Waals surface area contributed by atoms with Crippen LogP contribution >= 0.6 is 0 Å². The minimum atomic E-state index is -0.0937. The lowest BCUT2D eigenvalue weighted by Crippen LogP contribution is -2.33. The van der Waals surface area contributed by atoms with Crippen molar-refractivity contribution in [2.75, 3.05) is 17.2 Å². The number of nitrogens with zero attached hydrogens (tertiary/aromatic N) is 4. The van der Waals surface area contributed by atoms with Gasteiger partial charge in [0.2, 0.25) is 0 Å². The van der Waals surface area contributed by atoms with Crippen LogP contribution in [-0.4, -0.2) is 44.1 Å². The Hall–Kier alpha value is -3.98. The lowest BCUT2D eigenvalue weighted by molar-refractivity contribution is 0.0954. The lowest BCUT2D eigenvalue weighted by atomic mass is 9.92. The van der Waals surface area contributed by atoms with Crippen LogP contribution in [0.5, 0.6) is 0 Å². The van der Waals surface area contributed by atoms with E-state index in [1.54, 1.807) is 23.1 Å². The topological polar surface area (TPSA) is 122 Å². The molecule has 0 bridgehead atoms. The number of amides is 1. The molecule has 0 aliphatic heterocycles. The molecule has 0 unspecified atom stereocenters. The molecule has 3 heterocycles. The highest BCUT2D eigenvalue weighted by atomic mass is 16.1. The Kier molecular flexibility index (Phi) is 6.85. The van der Waals surface area contributed by atoms with Gasteiger partial charge in [0.05, 0.1) is 5.69 Å². The summed E-state index contributed by atoms with van der Waals surface area (Å²) in [5, 5.41) is 14.6. The number of anilines is 3. The third kappa shape index (κ3) is 5.75. The van der Waals surface area contributed by atoms with Crippen molar-refractivity contribution in [2.45, 2.75) is 44.2 Å². The smallest absolute Gasteiger partial charge is 0.251 e. The fourth-order valence-electron chi connectivity index (χ4n) is 4.38. The number of carbonyl (C=O) groups excluding carboxylic acids is 1. The Morgan fingerprint density at radius 2 is 1.80 bits per heavy atom. The number of hydrogen-bond acceptors (Lipinski definition) is 7. The predicted molar refractivity (Wildman–Crippen MR) is 137 cm³/mol. The number of nitrogens with one attached hydrogen (secondary N) is 3. The highest BCUT2D eigenvalue weighted by molar-refractivity contribution is 5.94. The van der Waals surface area contributed by atoms with Crippen LogP contribution in [-0.2, 0) is 6.42 Å². The first-order valence-electron chi connectivity index (χ1n) is 12.0. The van der Waals surface area contributed by atoms with E-state index in [-0.39, 0.29) is 5.91 Å². The van der Waals surface area contributed by atoms with Crippen LogP contribution in [0, 0.1) is 0 Å². The Labute approximate surface area is 204 Å². The van der Waals surface area contributed by atoms with E-state index in [2.05, 4.69) is 31.0 Å². The quantitative estimate of drug-likeness (QED) is 0.311. The number of pyridine rings is 1. The van der Waals surface area contributed by atoms with Gasteiger partial charge in [-0.15, -0.1) is 5.10 Å². The maximum atomic E-state index is 12.5. The summed E-state index contributed by atoms with van der Waals surface area (Å²) in [6, 6.07) is 14.0. The van der Waals surface area contributed by atoms with E-state index in [0.29, 0.717) is 24.2 Å². The van der Waals surface area contributed by atoms with Crippen molar-refractivity contribution in [3.05, 3.63) is 78.4 Å². The molecule has 3 aromatic heterocycles. The van der Waals surface area contributed by atoms with Gasteiger partial charge >= 0.3 is 0 Å². The van der Waals surface area contributed by atoms with Gasteiger partial charge in [0.25, 0.3) is 5.91 Å². The molecule has 0 spiro atoms. The van der Waals surface area contributed by atoms with Gasteiger partial charge in [-0.3, -0.25) is 9.78 Å². The molecule has 4 aromatic rings. The molecule has 1 saturated carbocycles. The third-order valence-electron chi connectivity index (χ3n) is 6.36. The number of benzene rings is 1. The van der Waals surface area contributed by atoms with Gasteiger partial charge in [-0.1, -0.05) is 0 Å². The van der Waals surface area contributed by atoms with Crippen molar-refractivity contribution in [3.8, 4) is 0 Å². The second-order valence-corrected chi connectivity index (χ2v) is 8.96. The zero-order valence-corrected chi connectivity index (χ0v) is 19.5. The van der Waals surface area contributed by atoms with E-state index in [1.165, 1.54) is 0 Å². The van der Waals surface area contributed by atoms with Crippen molar-refractivity contribution in [1.29, 1.82) is 0 Å². The molecule has 1 aliphatic rings. The number of nitrogens with two attached hydrogens (primary N) is 1. The van der Waals surface area contributed by atoms with Crippen molar-refractivity contribution in [2.24, 2.45) is 5.73 Å². The molecule has 1 fully saturated rings. The minimum Gasteiger partial charge on any atom is -0.366 e. The summed E-state index contributed by atoms with van der Waals surface area (Å²) in [6.07, 6.45) is 12.0. The summed E-state index contributed by atoms with van der Waals surface area (Å²) < 4.78 is 1.77. The van der Waals surface area contributed by atoms with Crippen molar-refractivity contribution in [1.82, 2.24) is 24.9 Å². The lowest BCUT2D eigenvalue weighted by Gasteiger charge is -2.27. The monoisotopic (exact) mass is 470 g/mol. The Morgan fingerprint density at radius 3 is 2.57 bits per heavy atom. The van der Waals surface area contributed by atoms with Gasteiger partial charge in [0.15, 0.2) is 5.65 Å². The zero-order chi connectivity index (χ0) is 24.0. The van der Waals surface area contributed by atoms with Gasteiger partial charge in [-0.05, 0) is 74.1 Å². The highest BCUT2D eigenvalue weighted by Gasteiger charge is 2.19. The predicted octanol–water partition coefficient (Wildman–Crippen LogP) is 3.52. The van der Waals surface area contributed by atoms with E-state index < -0.39 is 0 Å². The Balaban J connectivity index is 1.23. The summed E-state index contributed by atoms with van der Waals surface area (Å²) in [6.45, 7) is 0.570. The second kappa shape index (κ2) is 10.5. The molecule has 0 atom stereocenters. The van der Waals surface area contributed by atoms with Crippen molar-refractivity contribution in [3.63, 3.8) is 0 Å². The number of rotatable bonds is 8. The van der Waals surface area contributed by atoms with Crippen LogP contribution in [0.3, 0.4) is 0 Å². The number of aromatic nitrogens is 4. The third-order valence-corrected chi connectivity index (χ3v) is 6.36. The van der Waals surface area contributed by atoms with Crippen LogP contribution in [0.2, 0.25) is 0 Å². The average Bonchev–Trinajstić information content (AvgIpc) is 3.36. The summed E-state index contributed by atoms with van der Waals surface area (Å²) in [5.41, 5.74) is 10.2.